The summed E-state index contributed by atoms with van der Waals surface area (Å²) in [4.78, 5) is 0. The Hall–Kier alpha value is -0.800. The van der Waals surface area contributed by atoms with Crippen molar-refractivity contribution in [3.05, 3.63) is 35.9 Å². The van der Waals surface area contributed by atoms with Crippen molar-refractivity contribution in [3.8, 4) is 0 Å². The maximum absolute atomic E-state index is 10.5. The van der Waals surface area contributed by atoms with Gasteiger partial charge in [0.2, 0.25) is 0 Å². The average molecular weight is 167 g/mol. The fourth-order valence-corrected chi connectivity index (χ4v) is 0.944. The van der Waals surface area contributed by atoms with Crippen molar-refractivity contribution in [3.63, 3.8) is 0 Å². The standard InChI is InChI=1S/C8H9NOS/c1-11(10)9-7-8-5-3-2-4-6-8/h2-7H,1H3. The predicted octanol–water partition coefficient (Wildman–Crippen LogP) is 1.40. The molecule has 11 heavy (non-hydrogen) atoms. The minimum Gasteiger partial charge on any atom is -0.592 e. The van der Waals surface area contributed by atoms with E-state index in [1.807, 2.05) is 30.3 Å². The Balaban J connectivity index is 2.65. The second kappa shape index (κ2) is 4.16. The first-order chi connectivity index (χ1) is 5.29. The first-order valence-corrected chi connectivity index (χ1v) is 4.73. The summed E-state index contributed by atoms with van der Waals surface area (Å²) in [5, 5.41) is 0. The topological polar surface area (TPSA) is 35.4 Å². The van der Waals surface area contributed by atoms with Crippen molar-refractivity contribution in [2.24, 2.45) is 4.40 Å². The van der Waals surface area contributed by atoms with Crippen LogP contribution in [0.2, 0.25) is 0 Å². The molecular formula is C8H9NOS. The van der Waals surface area contributed by atoms with E-state index in [1.165, 1.54) is 0 Å². The Morgan fingerprint density at radius 2 is 2.00 bits per heavy atom. The highest BCUT2D eigenvalue weighted by atomic mass is 32.2. The average Bonchev–Trinajstić information content (AvgIpc) is 2.03. The Bertz CT molecular complexity index is 233. The highest BCUT2D eigenvalue weighted by molar-refractivity contribution is 7.89. The molecule has 1 aromatic rings. The largest absolute Gasteiger partial charge is 0.592 e. The zero-order valence-corrected chi connectivity index (χ0v) is 7.04. The first-order valence-electron chi connectivity index (χ1n) is 3.22. The van der Waals surface area contributed by atoms with Gasteiger partial charge in [0, 0.05) is 0 Å². The van der Waals surface area contributed by atoms with Crippen molar-refractivity contribution in [1.29, 1.82) is 0 Å². The lowest BCUT2D eigenvalue weighted by molar-refractivity contribution is 0.603. The van der Waals surface area contributed by atoms with Gasteiger partial charge in [-0.3, -0.25) is 0 Å². The SMILES string of the molecule is C[S+]([O-])N=Cc1ccccc1. The van der Waals surface area contributed by atoms with E-state index in [0.717, 1.165) is 5.56 Å². The van der Waals surface area contributed by atoms with E-state index in [2.05, 4.69) is 4.40 Å². The summed E-state index contributed by atoms with van der Waals surface area (Å²) < 4.78 is 14.3. The Morgan fingerprint density at radius 1 is 1.36 bits per heavy atom. The smallest absolute Gasteiger partial charge is 0.123 e. The van der Waals surface area contributed by atoms with E-state index in [1.54, 1.807) is 12.5 Å². The van der Waals surface area contributed by atoms with Crippen LogP contribution in [-0.4, -0.2) is 17.0 Å². The molecule has 0 aliphatic heterocycles. The fourth-order valence-electron chi connectivity index (χ4n) is 0.674. The van der Waals surface area contributed by atoms with Crippen molar-refractivity contribution in [1.82, 2.24) is 0 Å². The Morgan fingerprint density at radius 3 is 2.55 bits per heavy atom. The van der Waals surface area contributed by atoms with Gasteiger partial charge in [0.15, 0.2) is 0 Å². The number of benzene rings is 1. The zero-order chi connectivity index (χ0) is 8.10. The molecule has 0 saturated carbocycles. The van der Waals surface area contributed by atoms with E-state index in [4.69, 9.17) is 0 Å². The van der Waals surface area contributed by atoms with Crippen LogP contribution in [-0.2, 0) is 11.4 Å². The van der Waals surface area contributed by atoms with Crippen LogP contribution in [0.25, 0.3) is 0 Å². The lowest BCUT2D eigenvalue weighted by atomic mass is 10.2. The molecule has 0 bridgehead atoms. The van der Waals surface area contributed by atoms with E-state index in [-0.39, 0.29) is 0 Å². The number of hydrogen-bond acceptors (Lipinski definition) is 2. The minimum atomic E-state index is -1.10. The van der Waals surface area contributed by atoms with Crippen molar-refractivity contribution >= 4 is 17.6 Å². The fraction of sp³-hybridized carbons (Fsp3) is 0.125. The van der Waals surface area contributed by atoms with Gasteiger partial charge in [-0.1, -0.05) is 34.7 Å². The molecule has 0 N–H and O–H groups in total. The van der Waals surface area contributed by atoms with Gasteiger partial charge >= 0.3 is 0 Å². The van der Waals surface area contributed by atoms with Crippen molar-refractivity contribution < 1.29 is 4.55 Å². The normalized spacial score (nSPS) is 13.6. The second-order valence-corrected chi connectivity index (χ2v) is 3.13. The highest BCUT2D eigenvalue weighted by Crippen LogP contribution is 1.95. The van der Waals surface area contributed by atoms with Crippen LogP contribution in [0.15, 0.2) is 34.7 Å². The number of rotatable bonds is 2. The van der Waals surface area contributed by atoms with Gasteiger partial charge in [-0.15, -0.1) is 0 Å². The van der Waals surface area contributed by atoms with E-state index in [0.29, 0.717) is 0 Å². The maximum Gasteiger partial charge on any atom is 0.123 e. The molecule has 2 nitrogen and oxygen atoms in total. The van der Waals surface area contributed by atoms with E-state index >= 15 is 0 Å². The summed E-state index contributed by atoms with van der Waals surface area (Å²) in [5.74, 6) is 0. The molecule has 1 atom stereocenters. The minimum absolute atomic E-state index is 0.975. The molecule has 0 amide bonds. The van der Waals surface area contributed by atoms with Crippen LogP contribution < -0.4 is 0 Å². The summed E-state index contributed by atoms with van der Waals surface area (Å²) in [6.45, 7) is 0. The molecule has 1 aromatic carbocycles. The third kappa shape index (κ3) is 3.20. The Kier molecular flexibility index (Phi) is 3.14. The highest BCUT2D eigenvalue weighted by Gasteiger charge is 1.88. The lowest BCUT2D eigenvalue weighted by Gasteiger charge is -1.92. The maximum atomic E-state index is 10.5. The Labute approximate surface area is 69.3 Å². The zero-order valence-electron chi connectivity index (χ0n) is 6.23. The molecule has 58 valence electrons. The molecular weight excluding hydrogens is 158 g/mol. The molecule has 1 rings (SSSR count). The quantitative estimate of drug-likeness (QED) is 0.484. The summed E-state index contributed by atoms with van der Waals surface area (Å²) in [6, 6.07) is 9.59. The van der Waals surface area contributed by atoms with Crippen molar-refractivity contribution in [2.75, 3.05) is 6.26 Å². The molecule has 0 saturated heterocycles. The van der Waals surface area contributed by atoms with Gasteiger partial charge < -0.3 is 4.55 Å². The van der Waals surface area contributed by atoms with Crippen LogP contribution in [0, 0.1) is 0 Å². The lowest BCUT2D eigenvalue weighted by Crippen LogP contribution is -1.91. The summed E-state index contributed by atoms with van der Waals surface area (Å²) in [6.07, 6.45) is 3.15. The molecule has 0 radical (unpaired) electrons. The molecule has 0 aromatic heterocycles. The van der Waals surface area contributed by atoms with Gasteiger partial charge in [0.05, 0.1) is 17.6 Å². The molecule has 0 spiro atoms. The first kappa shape index (κ1) is 8.30. The van der Waals surface area contributed by atoms with Crippen LogP contribution in [0.3, 0.4) is 0 Å². The van der Waals surface area contributed by atoms with Gasteiger partial charge in [-0.25, -0.2) is 0 Å². The molecule has 0 heterocycles. The summed E-state index contributed by atoms with van der Waals surface area (Å²) >= 11 is -1.10. The van der Waals surface area contributed by atoms with Gasteiger partial charge in [-0.2, -0.15) is 0 Å². The predicted molar refractivity (Wildman–Crippen MR) is 48.1 cm³/mol. The molecule has 3 heteroatoms. The third-order valence-electron chi connectivity index (χ3n) is 1.15. The summed E-state index contributed by atoms with van der Waals surface area (Å²) in [5.41, 5.74) is 0.975. The molecule has 0 aliphatic rings. The van der Waals surface area contributed by atoms with Gasteiger partial charge in [0.1, 0.15) is 6.26 Å². The van der Waals surface area contributed by atoms with E-state index in [9.17, 15) is 4.55 Å². The van der Waals surface area contributed by atoms with Crippen molar-refractivity contribution in [2.45, 2.75) is 0 Å². The number of hydrogen-bond donors (Lipinski definition) is 0. The molecule has 0 fully saturated rings. The van der Waals surface area contributed by atoms with E-state index < -0.39 is 11.4 Å². The van der Waals surface area contributed by atoms with Crippen LogP contribution >= 0.6 is 0 Å². The molecule has 1 unspecified atom stereocenters. The van der Waals surface area contributed by atoms with Crippen LogP contribution in [0.5, 0.6) is 0 Å². The van der Waals surface area contributed by atoms with Crippen LogP contribution in [0.4, 0.5) is 0 Å². The summed E-state index contributed by atoms with van der Waals surface area (Å²) in [7, 11) is 0. The van der Waals surface area contributed by atoms with Gasteiger partial charge in [-0.05, 0) is 5.56 Å². The third-order valence-corrected chi connectivity index (χ3v) is 1.55. The second-order valence-electron chi connectivity index (χ2n) is 2.07. The van der Waals surface area contributed by atoms with Gasteiger partial charge in [0.25, 0.3) is 0 Å². The monoisotopic (exact) mass is 167 g/mol. The van der Waals surface area contributed by atoms with Crippen LogP contribution in [0.1, 0.15) is 5.56 Å². The molecule has 0 aliphatic carbocycles. The number of nitrogens with zero attached hydrogens (tertiary/aromatic N) is 1.